The number of carbonyl (C=O) groups is 2. The predicted octanol–water partition coefficient (Wildman–Crippen LogP) is 4.21. The third-order valence-corrected chi connectivity index (χ3v) is 5.45. The minimum Gasteiger partial charge on any atom is -0.496 e. The fourth-order valence-corrected chi connectivity index (χ4v) is 3.91. The van der Waals surface area contributed by atoms with Crippen molar-refractivity contribution in [1.82, 2.24) is 0 Å². The molecule has 1 fully saturated rings. The van der Waals surface area contributed by atoms with E-state index in [2.05, 4.69) is 5.32 Å². The van der Waals surface area contributed by atoms with E-state index in [1.54, 1.807) is 31.2 Å². The van der Waals surface area contributed by atoms with Crippen molar-refractivity contribution in [2.45, 2.75) is 25.2 Å². The Morgan fingerprint density at radius 3 is 2.55 bits per heavy atom. The Morgan fingerprint density at radius 1 is 1.17 bits per heavy atom. The molecule has 0 radical (unpaired) electrons. The summed E-state index contributed by atoms with van der Waals surface area (Å²) in [7, 11) is 1.48. The molecular weight excluding hydrogens is 394 g/mol. The second-order valence-corrected chi connectivity index (χ2v) is 7.17. The van der Waals surface area contributed by atoms with Gasteiger partial charge >= 0.3 is 5.97 Å². The highest BCUT2D eigenvalue weighted by atomic mass is 35.5. The number of nitrogens with one attached hydrogen (secondary N) is 1. The van der Waals surface area contributed by atoms with Gasteiger partial charge in [0.2, 0.25) is 5.91 Å². The number of rotatable bonds is 6. The Labute approximate surface area is 175 Å². The molecule has 1 amide bonds. The number of amides is 1. The molecule has 0 unspecified atom stereocenters. The molecule has 0 atom stereocenters. The zero-order valence-corrected chi connectivity index (χ0v) is 17.3. The number of halogens is 1. The molecule has 6 nitrogen and oxygen atoms in total. The van der Waals surface area contributed by atoms with Crippen LogP contribution in [0, 0.1) is 0 Å². The van der Waals surface area contributed by atoms with Gasteiger partial charge in [-0.1, -0.05) is 29.8 Å². The maximum absolute atomic E-state index is 13.4. The van der Waals surface area contributed by atoms with E-state index in [9.17, 15) is 9.59 Å². The predicted molar refractivity (Wildman–Crippen MR) is 111 cm³/mol. The van der Waals surface area contributed by atoms with Crippen molar-refractivity contribution < 1.29 is 23.8 Å². The number of anilines is 1. The molecule has 0 aliphatic carbocycles. The minimum atomic E-state index is -0.805. The molecule has 2 aromatic rings. The molecule has 154 valence electrons. The highest BCUT2D eigenvalue weighted by molar-refractivity contribution is 6.31. The van der Waals surface area contributed by atoms with E-state index in [0.717, 1.165) is 5.56 Å². The third kappa shape index (κ3) is 4.38. The van der Waals surface area contributed by atoms with Crippen LogP contribution in [0.25, 0.3) is 0 Å². The second kappa shape index (κ2) is 9.29. The van der Waals surface area contributed by atoms with Crippen LogP contribution in [0.15, 0.2) is 42.5 Å². The lowest BCUT2D eigenvalue weighted by Crippen LogP contribution is -2.45. The molecule has 3 rings (SSSR count). The van der Waals surface area contributed by atoms with E-state index < -0.39 is 11.4 Å². The van der Waals surface area contributed by atoms with Crippen molar-refractivity contribution in [1.29, 1.82) is 0 Å². The van der Waals surface area contributed by atoms with Crippen molar-refractivity contribution in [2.24, 2.45) is 0 Å². The highest BCUT2D eigenvalue weighted by Crippen LogP contribution is 2.40. The summed E-state index contributed by atoms with van der Waals surface area (Å²) in [6.07, 6.45) is 1.03. The molecule has 2 aromatic carbocycles. The number of hydrogen-bond donors (Lipinski definition) is 1. The zero-order chi connectivity index (χ0) is 20.9. The van der Waals surface area contributed by atoms with Crippen LogP contribution in [0.3, 0.4) is 0 Å². The van der Waals surface area contributed by atoms with Crippen molar-refractivity contribution in [3.8, 4) is 5.75 Å². The van der Waals surface area contributed by atoms with E-state index in [4.69, 9.17) is 25.8 Å². The van der Waals surface area contributed by atoms with Crippen LogP contribution in [0.2, 0.25) is 5.02 Å². The molecule has 1 aliphatic heterocycles. The van der Waals surface area contributed by atoms with E-state index in [0.29, 0.717) is 42.5 Å². The number of carbonyl (C=O) groups excluding carboxylic acids is 2. The van der Waals surface area contributed by atoms with E-state index in [1.165, 1.54) is 7.11 Å². The van der Waals surface area contributed by atoms with Gasteiger partial charge in [-0.25, -0.2) is 4.79 Å². The summed E-state index contributed by atoms with van der Waals surface area (Å²) < 4.78 is 15.8. The normalized spacial score (nSPS) is 15.4. The van der Waals surface area contributed by atoms with Gasteiger partial charge in [-0.3, -0.25) is 4.79 Å². The summed E-state index contributed by atoms with van der Waals surface area (Å²) in [4.78, 5) is 25.7. The van der Waals surface area contributed by atoms with Crippen LogP contribution in [-0.4, -0.2) is 38.8 Å². The van der Waals surface area contributed by atoms with E-state index in [-0.39, 0.29) is 18.1 Å². The van der Waals surface area contributed by atoms with Crippen molar-refractivity contribution in [3.63, 3.8) is 0 Å². The summed E-state index contributed by atoms with van der Waals surface area (Å²) in [5, 5.41) is 3.50. The number of ether oxygens (including phenoxy) is 3. The molecule has 29 heavy (non-hydrogen) atoms. The fraction of sp³-hybridized carbons (Fsp3) is 0.364. The van der Waals surface area contributed by atoms with Gasteiger partial charge in [0.15, 0.2) is 0 Å². The number of hydrogen-bond acceptors (Lipinski definition) is 5. The Hall–Kier alpha value is -2.57. The average Bonchev–Trinajstić information content (AvgIpc) is 2.74. The van der Waals surface area contributed by atoms with Gasteiger partial charge < -0.3 is 19.5 Å². The standard InChI is InChI=1S/C22H24ClNO5/c1-3-29-20(25)16-14-15(8-9-19(16)27-2)24-21(26)22(10-12-28-13-11-22)17-6-4-5-7-18(17)23/h4-9,14H,3,10-13H2,1-2H3,(H,24,26). The van der Waals surface area contributed by atoms with Crippen LogP contribution >= 0.6 is 11.6 Å². The fourth-order valence-electron chi connectivity index (χ4n) is 3.59. The van der Waals surface area contributed by atoms with Gasteiger partial charge in [0.05, 0.1) is 19.1 Å². The molecule has 1 saturated heterocycles. The topological polar surface area (TPSA) is 73.9 Å². The SMILES string of the molecule is CCOC(=O)c1cc(NC(=O)C2(c3ccccc3Cl)CCOCC2)ccc1OC. The number of benzene rings is 2. The first-order valence-electron chi connectivity index (χ1n) is 9.51. The van der Waals surface area contributed by atoms with Gasteiger partial charge in [0.25, 0.3) is 0 Å². The lowest BCUT2D eigenvalue weighted by molar-refractivity contribution is -0.125. The quantitative estimate of drug-likeness (QED) is 0.712. The summed E-state index contributed by atoms with van der Waals surface area (Å²) >= 11 is 6.44. The molecular formula is C22H24ClNO5. The van der Waals surface area contributed by atoms with Gasteiger partial charge in [-0.05, 0) is 49.6 Å². The van der Waals surface area contributed by atoms with Gasteiger partial charge in [-0.15, -0.1) is 0 Å². The highest BCUT2D eigenvalue weighted by Gasteiger charge is 2.43. The maximum atomic E-state index is 13.4. The Kier molecular flexibility index (Phi) is 6.77. The van der Waals surface area contributed by atoms with Crippen LogP contribution in [0.4, 0.5) is 5.69 Å². The minimum absolute atomic E-state index is 0.186. The first-order chi connectivity index (χ1) is 14.0. The summed E-state index contributed by atoms with van der Waals surface area (Å²) in [5.74, 6) is -0.311. The summed E-state index contributed by atoms with van der Waals surface area (Å²) in [6, 6.07) is 12.3. The van der Waals surface area contributed by atoms with E-state index >= 15 is 0 Å². The van der Waals surface area contributed by atoms with Crippen LogP contribution in [-0.2, 0) is 19.7 Å². The lowest BCUT2D eigenvalue weighted by atomic mass is 9.73. The monoisotopic (exact) mass is 417 g/mol. The van der Waals surface area contributed by atoms with Crippen LogP contribution in [0.5, 0.6) is 5.75 Å². The van der Waals surface area contributed by atoms with Crippen LogP contribution in [0.1, 0.15) is 35.7 Å². The van der Waals surface area contributed by atoms with Crippen molar-refractivity contribution >= 4 is 29.2 Å². The largest absolute Gasteiger partial charge is 0.496 e. The Morgan fingerprint density at radius 2 is 1.90 bits per heavy atom. The Balaban J connectivity index is 1.94. The molecule has 0 saturated carbocycles. The smallest absolute Gasteiger partial charge is 0.341 e. The molecule has 0 bridgehead atoms. The number of methoxy groups -OCH3 is 1. The molecule has 0 aromatic heterocycles. The third-order valence-electron chi connectivity index (χ3n) is 5.12. The molecule has 1 heterocycles. The molecule has 1 aliphatic rings. The van der Waals surface area contributed by atoms with Gasteiger partial charge in [-0.2, -0.15) is 0 Å². The van der Waals surface area contributed by atoms with Crippen molar-refractivity contribution in [2.75, 3.05) is 32.2 Å². The Bertz CT molecular complexity index is 893. The van der Waals surface area contributed by atoms with Crippen LogP contribution < -0.4 is 10.1 Å². The second-order valence-electron chi connectivity index (χ2n) is 6.76. The van der Waals surface area contributed by atoms with Crippen molar-refractivity contribution in [3.05, 3.63) is 58.6 Å². The zero-order valence-electron chi connectivity index (χ0n) is 16.5. The molecule has 0 spiro atoms. The first-order valence-corrected chi connectivity index (χ1v) is 9.89. The maximum Gasteiger partial charge on any atom is 0.341 e. The molecule has 1 N–H and O–H groups in total. The molecule has 7 heteroatoms. The average molecular weight is 418 g/mol. The first kappa shape index (κ1) is 21.1. The van der Waals surface area contributed by atoms with Gasteiger partial charge in [0.1, 0.15) is 11.3 Å². The summed E-state index contributed by atoms with van der Waals surface area (Å²) in [6.45, 7) is 2.91. The van der Waals surface area contributed by atoms with E-state index in [1.807, 2.05) is 18.2 Å². The number of esters is 1. The van der Waals surface area contributed by atoms with Gasteiger partial charge in [0, 0.05) is 23.9 Å². The lowest BCUT2D eigenvalue weighted by Gasteiger charge is -2.36. The summed E-state index contributed by atoms with van der Waals surface area (Å²) in [5.41, 5.74) is 0.713.